The highest BCUT2D eigenvalue weighted by Gasteiger charge is 2.26. The first-order valence-electron chi connectivity index (χ1n) is 6.92. The second-order valence-corrected chi connectivity index (χ2v) is 9.67. The van der Waals surface area contributed by atoms with Crippen LogP contribution in [-0.2, 0) is 14.6 Å². The number of nitrogens with zero attached hydrogens (tertiary/aromatic N) is 3. The topological polar surface area (TPSA) is 93.4 Å². The lowest BCUT2D eigenvalue weighted by Gasteiger charge is -2.21. The number of anilines is 1. The van der Waals surface area contributed by atoms with Crippen LogP contribution >= 0.6 is 23.5 Å². The van der Waals surface area contributed by atoms with Gasteiger partial charge >= 0.3 is 0 Å². The molecule has 23 heavy (non-hydrogen) atoms. The van der Waals surface area contributed by atoms with Crippen LogP contribution in [0, 0.1) is 6.92 Å². The summed E-state index contributed by atoms with van der Waals surface area (Å²) in [5.41, 5.74) is 1.19. The zero-order valence-corrected chi connectivity index (χ0v) is 15.1. The van der Waals surface area contributed by atoms with E-state index in [1.807, 2.05) is 0 Å². The van der Waals surface area contributed by atoms with Crippen LogP contribution in [0.3, 0.4) is 0 Å². The molecule has 0 saturated carbocycles. The van der Waals surface area contributed by atoms with E-state index in [9.17, 15) is 13.2 Å². The maximum Gasteiger partial charge on any atom is 0.239 e. The Balaban J connectivity index is 2.04. The average molecular weight is 372 g/mol. The second-order valence-electron chi connectivity index (χ2n) is 5.22. The van der Waals surface area contributed by atoms with Crippen LogP contribution in [0.4, 0.5) is 5.82 Å². The normalized spacial score (nSPS) is 19.0. The van der Waals surface area contributed by atoms with Gasteiger partial charge in [0.05, 0.1) is 17.1 Å². The van der Waals surface area contributed by atoms with Gasteiger partial charge < -0.3 is 5.32 Å². The smallest absolute Gasteiger partial charge is 0.239 e. The Morgan fingerprint density at radius 3 is 2.87 bits per heavy atom. The number of carbonyl (C=O) groups excluding carboxylic acids is 1. The van der Waals surface area contributed by atoms with Crippen LogP contribution in [0.25, 0.3) is 5.65 Å². The van der Waals surface area contributed by atoms with E-state index >= 15 is 0 Å². The molecule has 1 amide bonds. The maximum absolute atomic E-state index is 12.5. The lowest BCUT2D eigenvalue weighted by Crippen LogP contribution is -2.31. The van der Waals surface area contributed by atoms with E-state index in [4.69, 9.17) is 0 Å². The molecule has 1 aliphatic rings. The second kappa shape index (κ2) is 6.33. The van der Waals surface area contributed by atoms with Crippen molar-refractivity contribution in [1.29, 1.82) is 0 Å². The molecule has 3 rings (SSSR count). The van der Waals surface area contributed by atoms with Crippen molar-refractivity contribution in [1.82, 2.24) is 14.6 Å². The fourth-order valence-electron chi connectivity index (χ4n) is 2.25. The van der Waals surface area contributed by atoms with Crippen molar-refractivity contribution in [2.45, 2.75) is 17.1 Å². The molecule has 0 spiro atoms. The fourth-order valence-corrected chi connectivity index (χ4v) is 5.54. The lowest BCUT2D eigenvalue weighted by molar-refractivity contribution is -0.115. The van der Waals surface area contributed by atoms with Gasteiger partial charge in [-0.15, -0.1) is 11.8 Å². The van der Waals surface area contributed by atoms with E-state index in [2.05, 4.69) is 15.4 Å². The van der Waals surface area contributed by atoms with Gasteiger partial charge in [0, 0.05) is 29.6 Å². The summed E-state index contributed by atoms with van der Waals surface area (Å²) < 4.78 is 25.4. The average Bonchev–Trinajstić information content (AvgIpc) is 2.88. The van der Waals surface area contributed by atoms with Gasteiger partial charge in [0.25, 0.3) is 0 Å². The number of aryl methyl sites for hydroxylation is 1. The molecule has 1 saturated heterocycles. The molecule has 0 unspecified atom stereocenters. The minimum absolute atomic E-state index is 0.0325. The first kappa shape index (κ1) is 16.6. The van der Waals surface area contributed by atoms with Gasteiger partial charge in [0.1, 0.15) is 4.90 Å². The van der Waals surface area contributed by atoms with E-state index in [1.54, 1.807) is 36.5 Å². The van der Waals surface area contributed by atoms with Crippen LogP contribution < -0.4 is 5.32 Å². The molecule has 2 aromatic rings. The molecular formula is C13H16N4O3S3. The summed E-state index contributed by atoms with van der Waals surface area (Å²) >= 11 is 3.31. The summed E-state index contributed by atoms with van der Waals surface area (Å²) in [5.74, 6) is 2.62. The molecule has 1 N–H and O–H groups in total. The molecule has 0 aliphatic carbocycles. The van der Waals surface area contributed by atoms with E-state index in [1.165, 1.54) is 10.7 Å². The van der Waals surface area contributed by atoms with Crippen molar-refractivity contribution in [3.63, 3.8) is 0 Å². The van der Waals surface area contributed by atoms with E-state index in [0.29, 0.717) is 11.3 Å². The van der Waals surface area contributed by atoms with Gasteiger partial charge in [-0.1, -0.05) is 0 Å². The summed E-state index contributed by atoms with van der Waals surface area (Å²) in [7, 11) is -3.54. The molecule has 3 heterocycles. The highest BCUT2D eigenvalue weighted by molar-refractivity contribution is 8.07. The number of sulfone groups is 1. The number of aromatic nitrogens is 3. The third-order valence-electron chi connectivity index (χ3n) is 3.32. The maximum atomic E-state index is 12.5. The molecule has 1 aliphatic heterocycles. The molecule has 2 aromatic heterocycles. The van der Waals surface area contributed by atoms with Crippen molar-refractivity contribution in [3.05, 3.63) is 18.0 Å². The van der Waals surface area contributed by atoms with Gasteiger partial charge in [-0.05, 0) is 6.92 Å². The summed E-state index contributed by atoms with van der Waals surface area (Å²) in [6, 6.07) is 1.73. The Morgan fingerprint density at radius 2 is 2.22 bits per heavy atom. The van der Waals surface area contributed by atoms with Crippen molar-refractivity contribution >= 4 is 50.7 Å². The number of carbonyl (C=O) groups is 1. The first-order valence-corrected chi connectivity index (χ1v) is 11.0. The highest BCUT2D eigenvalue weighted by atomic mass is 32.2. The van der Waals surface area contributed by atoms with Gasteiger partial charge in [-0.3, -0.25) is 4.79 Å². The Bertz CT molecular complexity index is 857. The van der Waals surface area contributed by atoms with Crippen molar-refractivity contribution in [2.75, 3.05) is 28.8 Å². The third kappa shape index (κ3) is 3.48. The molecule has 10 heteroatoms. The first-order chi connectivity index (χ1) is 10.9. The van der Waals surface area contributed by atoms with Crippen LogP contribution in [0.1, 0.15) is 5.69 Å². The SMILES string of the molecule is Cc1cc2ncc(S(C)(=O)=O)c(NC(=O)[C@@H]3CSCCS3)n2n1. The van der Waals surface area contributed by atoms with Gasteiger partial charge in [0.2, 0.25) is 5.91 Å². The summed E-state index contributed by atoms with van der Waals surface area (Å²) in [4.78, 5) is 16.6. The van der Waals surface area contributed by atoms with Crippen LogP contribution in [0.5, 0.6) is 0 Å². The molecular weight excluding hydrogens is 356 g/mol. The summed E-state index contributed by atoms with van der Waals surface area (Å²) in [6.07, 6.45) is 2.36. The quantitative estimate of drug-likeness (QED) is 0.866. The predicted octanol–water partition coefficient (Wildman–Crippen LogP) is 1.23. The van der Waals surface area contributed by atoms with Gasteiger partial charge in [0.15, 0.2) is 21.3 Å². The summed E-state index contributed by atoms with van der Waals surface area (Å²) in [5, 5.41) is 6.81. The fraction of sp³-hybridized carbons (Fsp3) is 0.462. The number of fused-ring (bicyclic) bond motifs is 1. The van der Waals surface area contributed by atoms with Crippen LogP contribution in [-0.4, -0.2) is 57.7 Å². The molecule has 124 valence electrons. The minimum atomic E-state index is -3.54. The van der Waals surface area contributed by atoms with Crippen molar-refractivity contribution in [2.24, 2.45) is 0 Å². The van der Waals surface area contributed by atoms with Crippen LogP contribution in [0.2, 0.25) is 0 Å². The number of hydrogen-bond donors (Lipinski definition) is 1. The number of nitrogens with one attached hydrogen (secondary N) is 1. The zero-order chi connectivity index (χ0) is 16.6. The van der Waals surface area contributed by atoms with Crippen LogP contribution in [0.15, 0.2) is 17.2 Å². The molecule has 1 fully saturated rings. The zero-order valence-electron chi connectivity index (χ0n) is 12.6. The van der Waals surface area contributed by atoms with E-state index < -0.39 is 9.84 Å². The molecule has 0 radical (unpaired) electrons. The minimum Gasteiger partial charge on any atom is -0.308 e. The predicted molar refractivity (Wildman–Crippen MR) is 93.0 cm³/mol. The largest absolute Gasteiger partial charge is 0.308 e. The molecule has 0 aromatic carbocycles. The number of hydrogen-bond acceptors (Lipinski definition) is 7. The number of thioether (sulfide) groups is 2. The summed E-state index contributed by atoms with van der Waals surface area (Å²) in [6.45, 7) is 1.79. The Labute approximate surface area is 142 Å². The van der Waals surface area contributed by atoms with Crippen molar-refractivity contribution in [3.8, 4) is 0 Å². The van der Waals surface area contributed by atoms with Gasteiger partial charge in [-0.2, -0.15) is 21.4 Å². The lowest BCUT2D eigenvalue weighted by atomic mass is 10.4. The highest BCUT2D eigenvalue weighted by Crippen LogP contribution is 2.27. The Hall–Kier alpha value is -1.26. The number of rotatable bonds is 3. The standard InChI is InChI=1S/C13H16N4O3S3/c1-8-5-11-14-6-10(23(2,19)20)12(17(11)16-8)15-13(18)9-7-21-3-4-22-9/h5-6,9H,3-4,7H2,1-2H3,(H,15,18)/t9-/m0/s1. The Morgan fingerprint density at radius 1 is 1.43 bits per heavy atom. The number of amides is 1. The third-order valence-corrected chi connectivity index (χ3v) is 7.17. The van der Waals surface area contributed by atoms with E-state index in [-0.39, 0.29) is 21.9 Å². The van der Waals surface area contributed by atoms with Gasteiger partial charge in [-0.25, -0.2) is 13.4 Å². The van der Waals surface area contributed by atoms with E-state index in [0.717, 1.165) is 23.5 Å². The molecule has 0 bridgehead atoms. The monoisotopic (exact) mass is 372 g/mol. The molecule has 1 atom stereocenters. The Kier molecular flexibility index (Phi) is 4.56. The molecule has 7 nitrogen and oxygen atoms in total. The van der Waals surface area contributed by atoms with Crippen molar-refractivity contribution < 1.29 is 13.2 Å².